The predicted molar refractivity (Wildman–Crippen MR) is 46.3 cm³/mol. The molecule has 0 amide bonds. The highest BCUT2D eigenvalue weighted by molar-refractivity contribution is 5.57. The number of nitro benzene ring substituents is 1. The SMILES string of the molecule is COc1cc([O])c([N+](=O)[O-])cc1OC. The van der Waals surface area contributed by atoms with Crippen LogP contribution in [0.2, 0.25) is 0 Å². The molecule has 0 aliphatic carbocycles. The van der Waals surface area contributed by atoms with E-state index in [-0.39, 0.29) is 11.5 Å². The van der Waals surface area contributed by atoms with Crippen molar-refractivity contribution >= 4 is 5.69 Å². The summed E-state index contributed by atoms with van der Waals surface area (Å²) in [5.41, 5.74) is -0.525. The summed E-state index contributed by atoms with van der Waals surface area (Å²) in [5, 5.41) is 21.5. The van der Waals surface area contributed by atoms with Gasteiger partial charge in [0.25, 0.3) is 5.75 Å². The van der Waals surface area contributed by atoms with E-state index in [9.17, 15) is 15.2 Å². The molecule has 0 atom stereocenters. The molecule has 1 radical (unpaired) electrons. The first-order chi connectivity index (χ1) is 6.60. The van der Waals surface area contributed by atoms with E-state index in [2.05, 4.69) is 0 Å². The van der Waals surface area contributed by atoms with Gasteiger partial charge in [-0.15, -0.1) is 0 Å². The van der Waals surface area contributed by atoms with Crippen molar-refractivity contribution in [2.24, 2.45) is 0 Å². The highest BCUT2D eigenvalue weighted by atomic mass is 16.6. The molecule has 0 aromatic heterocycles. The molecule has 1 aromatic carbocycles. The van der Waals surface area contributed by atoms with Crippen molar-refractivity contribution in [2.45, 2.75) is 0 Å². The molecular weight excluding hydrogens is 190 g/mol. The van der Waals surface area contributed by atoms with Crippen LogP contribution >= 0.6 is 0 Å². The van der Waals surface area contributed by atoms with E-state index in [0.29, 0.717) is 0 Å². The van der Waals surface area contributed by atoms with Gasteiger partial charge in [-0.2, -0.15) is 0 Å². The molecule has 0 aliphatic rings. The van der Waals surface area contributed by atoms with Gasteiger partial charge in [-0.3, -0.25) is 15.2 Å². The van der Waals surface area contributed by atoms with Crippen molar-refractivity contribution in [3.05, 3.63) is 22.2 Å². The number of methoxy groups -OCH3 is 2. The van der Waals surface area contributed by atoms with Gasteiger partial charge in [0, 0.05) is 6.07 Å². The Kier molecular flexibility index (Phi) is 2.76. The summed E-state index contributed by atoms with van der Waals surface area (Å²) >= 11 is 0. The molecule has 1 aromatic rings. The molecule has 6 nitrogen and oxygen atoms in total. The van der Waals surface area contributed by atoms with Gasteiger partial charge < -0.3 is 9.47 Å². The van der Waals surface area contributed by atoms with Crippen LogP contribution in [0.25, 0.3) is 0 Å². The third-order valence-electron chi connectivity index (χ3n) is 1.66. The molecule has 6 heteroatoms. The zero-order valence-electron chi connectivity index (χ0n) is 7.64. The van der Waals surface area contributed by atoms with E-state index >= 15 is 0 Å². The quantitative estimate of drug-likeness (QED) is 0.547. The lowest BCUT2D eigenvalue weighted by atomic mass is 10.2. The summed E-state index contributed by atoms with van der Waals surface area (Å²) in [5.74, 6) is -0.352. The molecule has 0 fully saturated rings. The monoisotopic (exact) mass is 198 g/mol. The van der Waals surface area contributed by atoms with Crippen molar-refractivity contribution in [3.63, 3.8) is 0 Å². The summed E-state index contributed by atoms with van der Waals surface area (Å²) in [6, 6.07) is 2.07. The summed E-state index contributed by atoms with van der Waals surface area (Å²) in [6.07, 6.45) is 0. The molecule has 0 saturated heterocycles. The van der Waals surface area contributed by atoms with Crippen LogP contribution in [0.4, 0.5) is 5.69 Å². The lowest BCUT2D eigenvalue weighted by molar-refractivity contribution is -0.386. The van der Waals surface area contributed by atoms with Gasteiger partial charge in [-0.05, 0) is 0 Å². The summed E-state index contributed by atoms with van der Waals surface area (Å²) in [4.78, 5) is 9.64. The van der Waals surface area contributed by atoms with Crippen LogP contribution in [0.5, 0.6) is 17.2 Å². The molecule has 0 bridgehead atoms. The number of hydrogen-bond acceptors (Lipinski definition) is 4. The van der Waals surface area contributed by atoms with Gasteiger partial charge >= 0.3 is 5.69 Å². The topological polar surface area (TPSA) is 81.5 Å². The van der Waals surface area contributed by atoms with Crippen molar-refractivity contribution in [3.8, 4) is 17.2 Å². The van der Waals surface area contributed by atoms with E-state index in [1.54, 1.807) is 0 Å². The van der Waals surface area contributed by atoms with Crippen LogP contribution in [-0.4, -0.2) is 19.1 Å². The van der Waals surface area contributed by atoms with Crippen molar-refractivity contribution in [1.82, 2.24) is 0 Å². The normalized spacial score (nSPS) is 9.57. The third kappa shape index (κ3) is 1.68. The minimum atomic E-state index is -0.760. The molecule has 75 valence electrons. The number of hydrogen-bond donors (Lipinski definition) is 0. The van der Waals surface area contributed by atoms with Crippen LogP contribution in [0.15, 0.2) is 12.1 Å². The Bertz CT molecular complexity index is 363. The zero-order chi connectivity index (χ0) is 10.7. The van der Waals surface area contributed by atoms with Crippen molar-refractivity contribution < 1.29 is 19.5 Å². The van der Waals surface area contributed by atoms with Gasteiger partial charge in [0.15, 0.2) is 11.5 Å². The average molecular weight is 198 g/mol. The van der Waals surface area contributed by atoms with Crippen molar-refractivity contribution in [2.75, 3.05) is 14.2 Å². The largest absolute Gasteiger partial charge is 0.493 e. The lowest BCUT2D eigenvalue weighted by Crippen LogP contribution is -1.93. The number of benzene rings is 1. The Morgan fingerprint density at radius 2 is 1.71 bits per heavy atom. The molecule has 1 rings (SSSR count). The highest BCUT2D eigenvalue weighted by Gasteiger charge is 2.20. The maximum Gasteiger partial charge on any atom is 0.320 e. The molecular formula is C8H8NO5. The maximum absolute atomic E-state index is 11.1. The smallest absolute Gasteiger partial charge is 0.320 e. The Hall–Kier alpha value is -1.98. The highest BCUT2D eigenvalue weighted by Crippen LogP contribution is 2.38. The van der Waals surface area contributed by atoms with Crippen molar-refractivity contribution in [1.29, 1.82) is 0 Å². The second-order valence-electron chi connectivity index (χ2n) is 2.43. The van der Waals surface area contributed by atoms with Gasteiger partial charge in [0.2, 0.25) is 0 Å². The number of rotatable bonds is 3. The first-order valence-electron chi connectivity index (χ1n) is 3.67. The standard InChI is InChI=1S/C8H8NO5/c1-13-7-3-5(9(11)12)6(10)4-8(7)14-2/h3-4H,1-2H3. The third-order valence-corrected chi connectivity index (χ3v) is 1.66. The summed E-state index contributed by atoms with van der Waals surface area (Å²) in [6.45, 7) is 0. The fraction of sp³-hybridized carbons (Fsp3) is 0.250. The number of nitrogens with zero attached hydrogens (tertiary/aromatic N) is 1. The van der Waals surface area contributed by atoms with E-state index in [0.717, 1.165) is 12.1 Å². The predicted octanol–water partition coefficient (Wildman–Crippen LogP) is 1.76. The fourth-order valence-corrected chi connectivity index (χ4v) is 0.992. The first-order valence-corrected chi connectivity index (χ1v) is 3.67. The van der Waals surface area contributed by atoms with Gasteiger partial charge in [0.05, 0.1) is 25.2 Å². The second kappa shape index (κ2) is 3.82. The first kappa shape index (κ1) is 10.1. The molecule has 0 saturated carbocycles. The Morgan fingerprint density at radius 1 is 1.21 bits per heavy atom. The minimum Gasteiger partial charge on any atom is -0.493 e. The summed E-state index contributed by atoms with van der Waals surface area (Å²) in [7, 11) is 2.69. The Balaban J connectivity index is 3.30. The van der Waals surface area contributed by atoms with Gasteiger partial charge in [-0.25, -0.2) is 0 Å². The number of nitro groups is 1. The van der Waals surface area contributed by atoms with Crippen LogP contribution in [0.3, 0.4) is 0 Å². The zero-order valence-corrected chi connectivity index (χ0v) is 7.64. The lowest BCUT2D eigenvalue weighted by Gasteiger charge is -2.06. The van der Waals surface area contributed by atoms with Crippen LogP contribution in [-0.2, 0) is 5.11 Å². The summed E-state index contributed by atoms with van der Waals surface area (Å²) < 4.78 is 9.62. The maximum atomic E-state index is 11.1. The number of ether oxygens (including phenoxy) is 2. The van der Waals surface area contributed by atoms with Crippen LogP contribution < -0.4 is 9.47 Å². The van der Waals surface area contributed by atoms with E-state index in [4.69, 9.17) is 9.47 Å². The van der Waals surface area contributed by atoms with E-state index in [1.165, 1.54) is 14.2 Å². The van der Waals surface area contributed by atoms with Crippen LogP contribution in [0, 0.1) is 10.1 Å². The van der Waals surface area contributed by atoms with E-state index in [1.807, 2.05) is 0 Å². The van der Waals surface area contributed by atoms with E-state index < -0.39 is 16.4 Å². The Morgan fingerprint density at radius 3 is 2.14 bits per heavy atom. The molecule has 14 heavy (non-hydrogen) atoms. The minimum absolute atomic E-state index is 0.166. The Labute approximate surface area is 79.8 Å². The van der Waals surface area contributed by atoms with Gasteiger partial charge in [0.1, 0.15) is 0 Å². The molecule has 0 spiro atoms. The van der Waals surface area contributed by atoms with Gasteiger partial charge in [-0.1, -0.05) is 0 Å². The average Bonchev–Trinajstić information content (AvgIpc) is 2.16. The second-order valence-corrected chi connectivity index (χ2v) is 2.43. The molecule has 0 aliphatic heterocycles. The van der Waals surface area contributed by atoms with Crippen LogP contribution in [0.1, 0.15) is 0 Å². The molecule has 0 N–H and O–H groups in total. The fourth-order valence-electron chi connectivity index (χ4n) is 0.992. The molecule has 0 heterocycles. The molecule has 0 unspecified atom stereocenters.